The van der Waals surface area contributed by atoms with Crippen LogP contribution in [-0.4, -0.2) is 30.1 Å². The maximum atomic E-state index is 12.2. The van der Waals surface area contributed by atoms with E-state index in [2.05, 4.69) is 23.7 Å². The molecule has 0 aliphatic rings. The van der Waals surface area contributed by atoms with Gasteiger partial charge in [0.2, 0.25) is 0 Å². The number of ether oxygens (including phenoxy) is 2. The monoisotopic (exact) mass is 427 g/mol. The van der Waals surface area contributed by atoms with Crippen molar-refractivity contribution in [3.8, 4) is 11.8 Å². The fourth-order valence-corrected chi connectivity index (χ4v) is 3.09. The first-order valence-electron chi connectivity index (χ1n) is 11.6. The third-order valence-corrected chi connectivity index (χ3v) is 4.77. The Kier molecular flexibility index (Phi) is 14.6. The van der Waals surface area contributed by atoms with Gasteiger partial charge < -0.3 is 9.47 Å². The number of carbonyl (C=O) groups excluding carboxylic acids is 2. The van der Waals surface area contributed by atoms with Crippen molar-refractivity contribution in [2.45, 2.75) is 85.0 Å². The lowest BCUT2D eigenvalue weighted by Gasteiger charge is -2.07. The largest absolute Gasteiger partial charge is 0.462 e. The number of aromatic nitrogens is 1. The number of unbranched alkanes of at least 4 members (excludes halogenated alkanes) is 9. The molecular weight excluding hydrogens is 390 g/mol. The lowest BCUT2D eigenvalue weighted by molar-refractivity contribution is -0.146. The molecule has 0 amide bonds. The number of hydrogen-bond donors (Lipinski definition) is 0. The molecule has 0 bridgehead atoms. The Balaban J connectivity index is 2.65. The van der Waals surface area contributed by atoms with Crippen LogP contribution >= 0.6 is 0 Å². The van der Waals surface area contributed by atoms with Crippen LogP contribution in [-0.2, 0) is 19.1 Å². The molecule has 1 rings (SSSR count). The quantitative estimate of drug-likeness (QED) is 0.0928. The fourth-order valence-electron chi connectivity index (χ4n) is 3.09. The van der Waals surface area contributed by atoms with Gasteiger partial charge in [-0.25, -0.2) is 9.59 Å². The van der Waals surface area contributed by atoms with E-state index in [4.69, 9.17) is 9.47 Å². The molecule has 1 heterocycles. The first-order chi connectivity index (χ1) is 15.1. The van der Waals surface area contributed by atoms with Crippen LogP contribution in [0.15, 0.2) is 24.0 Å². The average Bonchev–Trinajstić information content (AvgIpc) is 2.76. The standard InChI is InChI=1S/C26H37NO4/c1-4-7-8-9-10-11-12-13-14-15-16-17-23-21-27-19-18-22(23)20-24(25(28)30-5-2)26(29)31-6-3/h18-21H,4-15H2,1-3H3. The number of hydrogen-bond acceptors (Lipinski definition) is 5. The summed E-state index contributed by atoms with van der Waals surface area (Å²) in [5.41, 5.74) is 1.17. The van der Waals surface area contributed by atoms with Gasteiger partial charge >= 0.3 is 11.9 Å². The van der Waals surface area contributed by atoms with Gasteiger partial charge in [0.25, 0.3) is 0 Å². The molecule has 0 N–H and O–H groups in total. The van der Waals surface area contributed by atoms with Crippen LogP contribution < -0.4 is 0 Å². The van der Waals surface area contributed by atoms with Crippen molar-refractivity contribution in [3.63, 3.8) is 0 Å². The summed E-state index contributed by atoms with van der Waals surface area (Å²) in [6, 6.07) is 1.72. The lowest BCUT2D eigenvalue weighted by atomic mass is 10.1. The Morgan fingerprint density at radius 2 is 1.48 bits per heavy atom. The number of rotatable bonds is 14. The van der Waals surface area contributed by atoms with Crippen molar-refractivity contribution in [2.75, 3.05) is 13.2 Å². The van der Waals surface area contributed by atoms with E-state index in [1.165, 1.54) is 57.4 Å². The molecule has 0 saturated heterocycles. The molecule has 0 aromatic carbocycles. The van der Waals surface area contributed by atoms with E-state index in [9.17, 15) is 9.59 Å². The van der Waals surface area contributed by atoms with E-state index in [0.717, 1.165) is 12.8 Å². The molecule has 0 saturated carbocycles. The first kappa shape index (κ1) is 26.4. The molecule has 0 radical (unpaired) electrons. The SMILES string of the molecule is CCCCCCCCCCCC#Cc1cnccc1C=C(C(=O)OCC)C(=O)OCC. The second kappa shape index (κ2) is 17.1. The zero-order valence-electron chi connectivity index (χ0n) is 19.4. The highest BCUT2D eigenvalue weighted by Crippen LogP contribution is 2.14. The maximum Gasteiger partial charge on any atom is 0.345 e. The summed E-state index contributed by atoms with van der Waals surface area (Å²) >= 11 is 0. The molecule has 0 spiro atoms. The summed E-state index contributed by atoms with van der Waals surface area (Å²) in [4.78, 5) is 28.5. The second-order valence-corrected chi connectivity index (χ2v) is 7.34. The third kappa shape index (κ3) is 11.4. The van der Waals surface area contributed by atoms with E-state index in [-0.39, 0.29) is 18.8 Å². The Morgan fingerprint density at radius 1 is 0.903 bits per heavy atom. The minimum absolute atomic E-state index is 0.142. The van der Waals surface area contributed by atoms with E-state index in [0.29, 0.717) is 11.1 Å². The van der Waals surface area contributed by atoms with Gasteiger partial charge in [0.15, 0.2) is 0 Å². The van der Waals surface area contributed by atoms with Gasteiger partial charge in [-0.2, -0.15) is 0 Å². The van der Waals surface area contributed by atoms with Crippen LogP contribution in [0, 0.1) is 11.8 Å². The van der Waals surface area contributed by atoms with Crippen LogP contribution in [0.2, 0.25) is 0 Å². The van der Waals surface area contributed by atoms with Crippen LogP contribution in [0.25, 0.3) is 6.08 Å². The summed E-state index contributed by atoms with van der Waals surface area (Å²) in [5, 5.41) is 0. The molecule has 0 aliphatic heterocycles. The Labute approximate surface area is 187 Å². The Morgan fingerprint density at radius 3 is 2.06 bits per heavy atom. The zero-order valence-corrected chi connectivity index (χ0v) is 19.4. The fraction of sp³-hybridized carbons (Fsp3) is 0.577. The molecule has 5 heteroatoms. The Bertz CT molecular complexity index is 738. The normalized spacial score (nSPS) is 10.0. The summed E-state index contributed by atoms with van der Waals surface area (Å²) in [6.45, 7) is 5.98. The van der Waals surface area contributed by atoms with E-state index in [1.807, 2.05) is 0 Å². The number of esters is 2. The minimum Gasteiger partial charge on any atom is -0.462 e. The molecule has 1 aromatic rings. The predicted octanol–water partition coefficient (Wildman–Crippen LogP) is 5.86. The maximum absolute atomic E-state index is 12.2. The minimum atomic E-state index is -0.702. The van der Waals surface area contributed by atoms with Crippen molar-refractivity contribution in [1.82, 2.24) is 4.98 Å². The summed E-state index contributed by atoms with van der Waals surface area (Å²) in [5.74, 6) is 4.91. The molecule has 5 nitrogen and oxygen atoms in total. The highest BCUT2D eigenvalue weighted by molar-refractivity contribution is 6.17. The van der Waals surface area contributed by atoms with Gasteiger partial charge in [0, 0.05) is 18.8 Å². The molecule has 1 aromatic heterocycles. The van der Waals surface area contributed by atoms with Crippen LogP contribution in [0.1, 0.15) is 96.1 Å². The third-order valence-electron chi connectivity index (χ3n) is 4.77. The molecule has 31 heavy (non-hydrogen) atoms. The van der Waals surface area contributed by atoms with Gasteiger partial charge in [-0.15, -0.1) is 0 Å². The molecule has 0 atom stereocenters. The van der Waals surface area contributed by atoms with E-state index in [1.54, 1.807) is 32.3 Å². The predicted molar refractivity (Wildman–Crippen MR) is 124 cm³/mol. The van der Waals surface area contributed by atoms with Gasteiger partial charge in [-0.1, -0.05) is 70.1 Å². The zero-order chi connectivity index (χ0) is 22.7. The smallest absolute Gasteiger partial charge is 0.345 e. The molecule has 170 valence electrons. The molecular formula is C26H37NO4. The van der Waals surface area contributed by atoms with E-state index >= 15 is 0 Å². The van der Waals surface area contributed by atoms with Crippen molar-refractivity contribution in [2.24, 2.45) is 0 Å². The van der Waals surface area contributed by atoms with Crippen molar-refractivity contribution in [1.29, 1.82) is 0 Å². The van der Waals surface area contributed by atoms with Crippen LogP contribution in [0.3, 0.4) is 0 Å². The molecule has 0 aliphatic carbocycles. The topological polar surface area (TPSA) is 65.5 Å². The second-order valence-electron chi connectivity index (χ2n) is 7.34. The number of pyridine rings is 1. The van der Waals surface area contributed by atoms with Gasteiger partial charge in [0.05, 0.1) is 18.8 Å². The first-order valence-corrected chi connectivity index (χ1v) is 11.6. The average molecular weight is 428 g/mol. The van der Waals surface area contributed by atoms with Crippen LogP contribution in [0.5, 0.6) is 0 Å². The van der Waals surface area contributed by atoms with Crippen molar-refractivity contribution >= 4 is 18.0 Å². The number of carbonyl (C=O) groups is 2. The lowest BCUT2D eigenvalue weighted by Crippen LogP contribution is -2.18. The summed E-state index contributed by atoms with van der Waals surface area (Å²) in [6.07, 6.45) is 17.1. The van der Waals surface area contributed by atoms with Crippen LogP contribution in [0.4, 0.5) is 0 Å². The molecule has 0 fully saturated rings. The molecule has 0 unspecified atom stereocenters. The Hall–Kier alpha value is -2.61. The van der Waals surface area contributed by atoms with E-state index < -0.39 is 11.9 Å². The summed E-state index contributed by atoms with van der Waals surface area (Å²) in [7, 11) is 0. The van der Waals surface area contributed by atoms with Crippen molar-refractivity contribution in [3.05, 3.63) is 35.2 Å². The summed E-state index contributed by atoms with van der Waals surface area (Å²) < 4.78 is 9.99. The number of nitrogens with zero attached hydrogens (tertiary/aromatic N) is 1. The van der Waals surface area contributed by atoms with Crippen molar-refractivity contribution < 1.29 is 19.1 Å². The van der Waals surface area contributed by atoms with Gasteiger partial charge in [-0.05, 0) is 38.0 Å². The van der Waals surface area contributed by atoms with Gasteiger partial charge in [0.1, 0.15) is 5.57 Å². The highest BCUT2D eigenvalue weighted by atomic mass is 16.6. The van der Waals surface area contributed by atoms with Gasteiger partial charge in [-0.3, -0.25) is 4.98 Å². The highest BCUT2D eigenvalue weighted by Gasteiger charge is 2.21.